The van der Waals surface area contributed by atoms with Crippen molar-refractivity contribution in [1.82, 2.24) is 9.97 Å². The van der Waals surface area contributed by atoms with E-state index in [9.17, 15) is 4.79 Å². The monoisotopic (exact) mass is 243 g/mol. The van der Waals surface area contributed by atoms with Crippen LogP contribution in [0.1, 0.15) is 21.6 Å². The number of rotatable bonds is 2. The first kappa shape index (κ1) is 12.0. The summed E-state index contributed by atoms with van der Waals surface area (Å²) in [5, 5.41) is 8.97. The Balaban J connectivity index is 2.58. The predicted molar refractivity (Wildman–Crippen MR) is 68.3 cm³/mol. The van der Waals surface area contributed by atoms with Crippen molar-refractivity contribution in [3.05, 3.63) is 41.2 Å². The van der Waals surface area contributed by atoms with Gasteiger partial charge in [-0.3, -0.25) is 0 Å². The average molecular weight is 243 g/mol. The van der Waals surface area contributed by atoms with Crippen molar-refractivity contribution in [2.75, 3.05) is 5.73 Å². The fraction of sp³-hybridized carbons (Fsp3) is 0.154. The maximum Gasteiger partial charge on any atom is 0.358 e. The zero-order valence-electron chi connectivity index (χ0n) is 10.1. The molecule has 0 atom stereocenters. The first-order valence-electron chi connectivity index (χ1n) is 5.42. The van der Waals surface area contributed by atoms with E-state index in [-0.39, 0.29) is 11.5 Å². The number of hydrogen-bond acceptors (Lipinski definition) is 4. The van der Waals surface area contributed by atoms with Gasteiger partial charge in [-0.1, -0.05) is 23.8 Å². The summed E-state index contributed by atoms with van der Waals surface area (Å²) < 4.78 is 0. The van der Waals surface area contributed by atoms with Crippen LogP contribution in [0.25, 0.3) is 11.3 Å². The third-order valence-corrected chi connectivity index (χ3v) is 2.66. The second-order valence-electron chi connectivity index (χ2n) is 4.11. The molecule has 2 aromatic rings. The molecule has 0 spiro atoms. The van der Waals surface area contributed by atoms with Crippen molar-refractivity contribution >= 4 is 11.8 Å². The molecule has 0 unspecified atom stereocenters. The van der Waals surface area contributed by atoms with E-state index in [0.717, 1.165) is 16.7 Å². The van der Waals surface area contributed by atoms with Crippen LogP contribution in [-0.4, -0.2) is 21.0 Å². The summed E-state index contributed by atoms with van der Waals surface area (Å²) in [5.41, 5.74) is 8.79. The first-order chi connectivity index (χ1) is 8.49. The second-order valence-corrected chi connectivity index (χ2v) is 4.11. The van der Waals surface area contributed by atoms with Gasteiger partial charge in [0.15, 0.2) is 11.5 Å². The topological polar surface area (TPSA) is 89.1 Å². The molecule has 0 bridgehead atoms. The highest BCUT2D eigenvalue weighted by atomic mass is 16.4. The van der Waals surface area contributed by atoms with Crippen LogP contribution in [0, 0.1) is 13.8 Å². The SMILES string of the molecule is Cc1ccc(-c2cnc(N)c(C(=O)O)n2)c(C)c1. The standard InChI is InChI=1S/C13H13N3O2/c1-7-3-4-9(8(2)5-7)10-6-15-12(14)11(16-10)13(17)18/h3-6H,1-2H3,(H2,14,15)(H,17,18). The molecule has 0 fully saturated rings. The third-order valence-electron chi connectivity index (χ3n) is 2.66. The molecule has 18 heavy (non-hydrogen) atoms. The molecule has 0 amide bonds. The normalized spacial score (nSPS) is 10.3. The molecule has 5 nitrogen and oxygen atoms in total. The highest BCUT2D eigenvalue weighted by Crippen LogP contribution is 2.23. The number of hydrogen-bond donors (Lipinski definition) is 2. The Morgan fingerprint density at radius 1 is 1.33 bits per heavy atom. The van der Waals surface area contributed by atoms with Crippen LogP contribution in [0.4, 0.5) is 5.82 Å². The number of aromatic carboxylic acids is 1. The van der Waals surface area contributed by atoms with Crippen molar-refractivity contribution in [2.45, 2.75) is 13.8 Å². The van der Waals surface area contributed by atoms with Crippen LogP contribution >= 0.6 is 0 Å². The molecule has 92 valence electrons. The molecule has 0 saturated heterocycles. The highest BCUT2D eigenvalue weighted by Gasteiger charge is 2.13. The summed E-state index contributed by atoms with van der Waals surface area (Å²) in [6.45, 7) is 3.94. The van der Waals surface area contributed by atoms with Gasteiger partial charge in [0.25, 0.3) is 0 Å². The van der Waals surface area contributed by atoms with E-state index in [1.165, 1.54) is 6.20 Å². The highest BCUT2D eigenvalue weighted by molar-refractivity contribution is 5.90. The van der Waals surface area contributed by atoms with E-state index in [1.54, 1.807) is 0 Å². The van der Waals surface area contributed by atoms with Crippen molar-refractivity contribution < 1.29 is 9.90 Å². The Kier molecular flexibility index (Phi) is 2.97. The number of nitrogens with zero attached hydrogens (tertiary/aromatic N) is 2. The molecule has 5 heteroatoms. The van der Waals surface area contributed by atoms with Crippen LogP contribution in [0.15, 0.2) is 24.4 Å². The summed E-state index contributed by atoms with van der Waals surface area (Å²) in [7, 11) is 0. The lowest BCUT2D eigenvalue weighted by atomic mass is 10.0. The largest absolute Gasteiger partial charge is 0.476 e. The van der Waals surface area contributed by atoms with Gasteiger partial charge in [-0.25, -0.2) is 14.8 Å². The fourth-order valence-electron chi connectivity index (χ4n) is 1.79. The van der Waals surface area contributed by atoms with Gasteiger partial charge in [-0.15, -0.1) is 0 Å². The number of carboxylic acids is 1. The smallest absolute Gasteiger partial charge is 0.358 e. The quantitative estimate of drug-likeness (QED) is 0.842. The van der Waals surface area contributed by atoms with E-state index >= 15 is 0 Å². The predicted octanol–water partition coefficient (Wildman–Crippen LogP) is 2.04. The lowest BCUT2D eigenvalue weighted by molar-refractivity contribution is 0.0691. The maximum atomic E-state index is 11.0. The Morgan fingerprint density at radius 2 is 2.06 bits per heavy atom. The number of nitrogen functional groups attached to an aromatic ring is 1. The lowest BCUT2D eigenvalue weighted by Crippen LogP contribution is -2.08. The summed E-state index contributed by atoms with van der Waals surface area (Å²) in [6.07, 6.45) is 1.49. The van der Waals surface area contributed by atoms with Crippen LogP contribution < -0.4 is 5.73 Å². The molecule has 1 aromatic carbocycles. The number of anilines is 1. The minimum absolute atomic E-state index is 0.0731. The van der Waals surface area contributed by atoms with Gasteiger partial charge in [0, 0.05) is 5.56 Å². The Bertz CT molecular complexity index is 624. The molecule has 1 heterocycles. The van der Waals surface area contributed by atoms with E-state index < -0.39 is 5.97 Å². The van der Waals surface area contributed by atoms with Gasteiger partial charge < -0.3 is 10.8 Å². The Hall–Kier alpha value is -2.43. The number of aromatic nitrogens is 2. The number of carbonyl (C=O) groups is 1. The zero-order chi connectivity index (χ0) is 13.3. The fourth-order valence-corrected chi connectivity index (χ4v) is 1.79. The van der Waals surface area contributed by atoms with Gasteiger partial charge >= 0.3 is 5.97 Å². The van der Waals surface area contributed by atoms with Crippen LogP contribution in [-0.2, 0) is 0 Å². The second kappa shape index (κ2) is 4.44. The number of carboxylic acid groups (broad SMARTS) is 1. The average Bonchev–Trinajstić information content (AvgIpc) is 2.30. The van der Waals surface area contributed by atoms with Gasteiger partial charge in [0.2, 0.25) is 0 Å². The molecule has 0 radical (unpaired) electrons. The summed E-state index contributed by atoms with van der Waals surface area (Å²) >= 11 is 0. The van der Waals surface area contributed by atoms with Crippen molar-refractivity contribution in [3.8, 4) is 11.3 Å². The van der Waals surface area contributed by atoms with Gasteiger partial charge in [-0.2, -0.15) is 0 Å². The lowest BCUT2D eigenvalue weighted by Gasteiger charge is -2.07. The summed E-state index contributed by atoms with van der Waals surface area (Å²) in [5.74, 6) is -1.25. The molecule has 3 N–H and O–H groups in total. The van der Waals surface area contributed by atoms with Crippen molar-refractivity contribution in [2.24, 2.45) is 0 Å². The number of nitrogens with two attached hydrogens (primary N) is 1. The number of benzene rings is 1. The third kappa shape index (κ3) is 2.15. The van der Waals surface area contributed by atoms with Crippen molar-refractivity contribution in [1.29, 1.82) is 0 Å². The van der Waals surface area contributed by atoms with E-state index in [1.807, 2.05) is 32.0 Å². The molecule has 0 aliphatic heterocycles. The van der Waals surface area contributed by atoms with Gasteiger partial charge in [0.1, 0.15) is 0 Å². The maximum absolute atomic E-state index is 11.0. The van der Waals surface area contributed by atoms with Crippen LogP contribution in [0.5, 0.6) is 0 Å². The molecule has 0 aliphatic carbocycles. The van der Waals surface area contributed by atoms with E-state index in [0.29, 0.717) is 5.69 Å². The summed E-state index contributed by atoms with van der Waals surface area (Å²) in [6, 6.07) is 5.85. The first-order valence-corrected chi connectivity index (χ1v) is 5.42. The molecule has 1 aromatic heterocycles. The zero-order valence-corrected chi connectivity index (χ0v) is 10.1. The molecular formula is C13H13N3O2. The van der Waals surface area contributed by atoms with Gasteiger partial charge in [0.05, 0.1) is 11.9 Å². The summed E-state index contributed by atoms with van der Waals surface area (Å²) in [4.78, 5) is 18.9. The minimum atomic E-state index is -1.17. The molecule has 0 aliphatic rings. The Labute approximate surface area is 104 Å². The molecule has 0 saturated carbocycles. The van der Waals surface area contributed by atoms with E-state index in [4.69, 9.17) is 10.8 Å². The van der Waals surface area contributed by atoms with Crippen LogP contribution in [0.2, 0.25) is 0 Å². The molecule has 2 rings (SSSR count). The van der Waals surface area contributed by atoms with Gasteiger partial charge in [-0.05, 0) is 19.4 Å². The van der Waals surface area contributed by atoms with Crippen LogP contribution in [0.3, 0.4) is 0 Å². The number of aryl methyl sites for hydroxylation is 2. The van der Waals surface area contributed by atoms with E-state index in [2.05, 4.69) is 9.97 Å². The minimum Gasteiger partial charge on any atom is -0.476 e. The Morgan fingerprint density at radius 3 is 2.67 bits per heavy atom. The van der Waals surface area contributed by atoms with Crippen molar-refractivity contribution in [3.63, 3.8) is 0 Å². The molecular weight excluding hydrogens is 230 g/mol.